The van der Waals surface area contributed by atoms with Crippen LogP contribution in [0.5, 0.6) is 11.5 Å². The van der Waals surface area contributed by atoms with Gasteiger partial charge in [0.15, 0.2) is 17.6 Å². The first-order chi connectivity index (χ1) is 12.6. The van der Waals surface area contributed by atoms with Crippen molar-refractivity contribution in [3.63, 3.8) is 0 Å². The summed E-state index contributed by atoms with van der Waals surface area (Å²) in [6, 6.07) is 3.27. The van der Waals surface area contributed by atoms with Gasteiger partial charge in [-0.2, -0.15) is 8.78 Å². The predicted molar refractivity (Wildman–Crippen MR) is 91.1 cm³/mol. The third kappa shape index (κ3) is 6.92. The van der Waals surface area contributed by atoms with Crippen molar-refractivity contribution in [3.8, 4) is 11.5 Å². The minimum Gasteiger partial charge on any atom is -0.493 e. The van der Waals surface area contributed by atoms with E-state index < -0.39 is 36.5 Å². The van der Waals surface area contributed by atoms with Crippen LogP contribution in [0, 0.1) is 5.92 Å². The van der Waals surface area contributed by atoms with E-state index in [2.05, 4.69) is 4.74 Å². The maximum Gasteiger partial charge on any atom is 0.387 e. The molecule has 1 aromatic rings. The number of primary amides is 1. The highest BCUT2D eigenvalue weighted by atomic mass is 19.3. The molecule has 0 saturated carbocycles. The van der Waals surface area contributed by atoms with Crippen LogP contribution in [0.2, 0.25) is 0 Å². The van der Waals surface area contributed by atoms with Gasteiger partial charge in [0.05, 0.1) is 7.11 Å². The maximum atomic E-state index is 12.6. The molecule has 3 amide bonds. The minimum atomic E-state index is -3.09. The Morgan fingerprint density at radius 1 is 1.22 bits per heavy atom. The summed E-state index contributed by atoms with van der Waals surface area (Å²) in [7, 11) is 1.28. The Balaban J connectivity index is 2.97. The number of carbonyl (C=O) groups excluding carboxylic acids is 3. The second-order valence-electron chi connectivity index (χ2n) is 5.55. The third-order valence-electron chi connectivity index (χ3n) is 3.19. The average Bonchev–Trinajstić information content (AvgIpc) is 2.57. The van der Waals surface area contributed by atoms with Gasteiger partial charge in [-0.05, 0) is 18.1 Å². The molecular weight excluding hydrogens is 366 g/mol. The number of rotatable bonds is 8. The Labute approximate surface area is 154 Å². The molecule has 8 nitrogen and oxygen atoms in total. The summed E-state index contributed by atoms with van der Waals surface area (Å²) in [6.07, 6.45) is 0.836. The lowest BCUT2D eigenvalue weighted by molar-refractivity contribution is -0.153. The van der Waals surface area contributed by atoms with E-state index >= 15 is 0 Å². The zero-order valence-electron chi connectivity index (χ0n) is 14.9. The van der Waals surface area contributed by atoms with Crippen LogP contribution in [-0.4, -0.2) is 37.7 Å². The molecule has 0 heterocycles. The molecule has 0 aliphatic rings. The number of benzene rings is 1. The fraction of sp³-hybridized carbons (Fsp3) is 0.353. The summed E-state index contributed by atoms with van der Waals surface area (Å²) >= 11 is 0. The van der Waals surface area contributed by atoms with Crippen LogP contribution in [0.1, 0.15) is 19.4 Å². The SMILES string of the molecule is COc1cccc(/C=C/C(=O)O[C@@H](C(=O)NC(N)=O)C(C)C)c1OC(F)F. The van der Waals surface area contributed by atoms with Crippen molar-refractivity contribution in [2.45, 2.75) is 26.6 Å². The largest absolute Gasteiger partial charge is 0.493 e. The van der Waals surface area contributed by atoms with Gasteiger partial charge in [0, 0.05) is 11.6 Å². The molecule has 3 N–H and O–H groups in total. The summed E-state index contributed by atoms with van der Waals surface area (Å²) in [6.45, 7) is 0.0980. The standard InChI is InChI=1S/C17H20F2N2O6/c1-9(2)13(15(23)21-17(20)24)26-12(22)8-7-10-5-4-6-11(25-3)14(10)27-16(18)19/h4-9,13,16H,1-3H3,(H3,20,21,23,24)/b8-7+/t13-/m1/s1. The van der Waals surface area contributed by atoms with E-state index in [9.17, 15) is 23.2 Å². The van der Waals surface area contributed by atoms with Crippen molar-refractivity contribution in [1.82, 2.24) is 5.32 Å². The summed E-state index contributed by atoms with van der Waals surface area (Å²) in [4.78, 5) is 34.6. The molecule has 0 spiro atoms. The molecule has 1 atom stereocenters. The predicted octanol–water partition coefficient (Wildman–Crippen LogP) is 2.07. The number of imide groups is 1. The molecule has 1 aromatic carbocycles. The molecule has 0 bridgehead atoms. The van der Waals surface area contributed by atoms with E-state index in [1.54, 1.807) is 13.8 Å². The molecule has 0 radical (unpaired) electrons. The Morgan fingerprint density at radius 3 is 2.41 bits per heavy atom. The number of ether oxygens (including phenoxy) is 3. The number of alkyl halides is 2. The molecule has 10 heteroatoms. The lowest BCUT2D eigenvalue weighted by Crippen LogP contribution is -2.45. The number of halogens is 2. The van der Waals surface area contributed by atoms with Crippen molar-refractivity contribution in [3.05, 3.63) is 29.8 Å². The molecule has 27 heavy (non-hydrogen) atoms. The zero-order chi connectivity index (χ0) is 20.6. The van der Waals surface area contributed by atoms with Gasteiger partial charge in [-0.1, -0.05) is 26.0 Å². The highest BCUT2D eigenvalue weighted by Crippen LogP contribution is 2.33. The Hall–Kier alpha value is -3.17. The van der Waals surface area contributed by atoms with Crippen molar-refractivity contribution < 1.29 is 37.4 Å². The van der Waals surface area contributed by atoms with Crippen LogP contribution in [0.25, 0.3) is 6.08 Å². The number of para-hydroxylation sites is 1. The van der Waals surface area contributed by atoms with E-state index in [-0.39, 0.29) is 17.1 Å². The van der Waals surface area contributed by atoms with Gasteiger partial charge < -0.3 is 19.9 Å². The van der Waals surface area contributed by atoms with Crippen LogP contribution in [0.4, 0.5) is 13.6 Å². The summed E-state index contributed by atoms with van der Waals surface area (Å²) in [5, 5.41) is 1.83. The summed E-state index contributed by atoms with van der Waals surface area (Å²) in [5.41, 5.74) is 5.00. The highest BCUT2D eigenvalue weighted by molar-refractivity contribution is 5.97. The fourth-order valence-corrected chi connectivity index (χ4v) is 2.05. The first-order valence-corrected chi connectivity index (χ1v) is 7.76. The number of hydrogen-bond donors (Lipinski definition) is 2. The van der Waals surface area contributed by atoms with Crippen LogP contribution < -0.4 is 20.5 Å². The molecular formula is C17H20F2N2O6. The summed E-state index contributed by atoms with van der Waals surface area (Å²) < 4.78 is 39.6. The number of nitrogens with two attached hydrogens (primary N) is 1. The van der Waals surface area contributed by atoms with Gasteiger partial charge in [0.1, 0.15) is 0 Å². The molecule has 0 aromatic heterocycles. The Kier molecular flexibility index (Phi) is 8.18. The number of hydrogen-bond acceptors (Lipinski definition) is 6. The Morgan fingerprint density at radius 2 is 1.89 bits per heavy atom. The molecule has 1 rings (SSSR count). The van der Waals surface area contributed by atoms with Crippen LogP contribution >= 0.6 is 0 Å². The van der Waals surface area contributed by atoms with Crippen molar-refractivity contribution in [1.29, 1.82) is 0 Å². The molecule has 0 aliphatic carbocycles. The molecule has 0 aliphatic heterocycles. The second-order valence-corrected chi connectivity index (χ2v) is 5.55. The lowest BCUT2D eigenvalue weighted by Gasteiger charge is -2.18. The van der Waals surface area contributed by atoms with Crippen molar-refractivity contribution in [2.75, 3.05) is 7.11 Å². The zero-order valence-corrected chi connectivity index (χ0v) is 14.9. The van der Waals surface area contributed by atoms with Gasteiger partial charge >= 0.3 is 18.6 Å². The average molecular weight is 386 g/mol. The van der Waals surface area contributed by atoms with Crippen molar-refractivity contribution in [2.24, 2.45) is 11.7 Å². The highest BCUT2D eigenvalue weighted by Gasteiger charge is 2.26. The molecule has 0 unspecified atom stereocenters. The minimum absolute atomic E-state index is 0.0479. The van der Waals surface area contributed by atoms with E-state index in [0.717, 1.165) is 6.08 Å². The van der Waals surface area contributed by atoms with E-state index in [1.165, 1.54) is 31.4 Å². The first-order valence-electron chi connectivity index (χ1n) is 7.76. The number of amides is 3. The number of nitrogens with one attached hydrogen (secondary N) is 1. The van der Waals surface area contributed by atoms with Gasteiger partial charge in [0.2, 0.25) is 0 Å². The van der Waals surface area contributed by atoms with Gasteiger partial charge in [0.25, 0.3) is 5.91 Å². The van der Waals surface area contributed by atoms with Crippen LogP contribution in [-0.2, 0) is 14.3 Å². The van der Waals surface area contributed by atoms with Crippen LogP contribution in [0.3, 0.4) is 0 Å². The second kappa shape index (κ2) is 10.1. The number of urea groups is 1. The first kappa shape index (κ1) is 21.9. The quantitative estimate of drug-likeness (QED) is 0.522. The maximum absolute atomic E-state index is 12.6. The number of carbonyl (C=O) groups is 3. The fourth-order valence-electron chi connectivity index (χ4n) is 2.05. The molecule has 0 fully saturated rings. The lowest BCUT2D eigenvalue weighted by atomic mass is 10.1. The summed E-state index contributed by atoms with van der Waals surface area (Å²) in [5.74, 6) is -2.46. The smallest absolute Gasteiger partial charge is 0.387 e. The van der Waals surface area contributed by atoms with E-state index in [0.29, 0.717) is 0 Å². The van der Waals surface area contributed by atoms with Gasteiger partial charge in [-0.15, -0.1) is 0 Å². The Bertz CT molecular complexity index is 721. The monoisotopic (exact) mass is 386 g/mol. The van der Waals surface area contributed by atoms with E-state index in [4.69, 9.17) is 15.2 Å². The van der Waals surface area contributed by atoms with E-state index in [1.807, 2.05) is 5.32 Å². The topological polar surface area (TPSA) is 117 Å². The number of methoxy groups -OCH3 is 1. The normalized spacial score (nSPS) is 12.1. The van der Waals surface area contributed by atoms with Gasteiger partial charge in [-0.3, -0.25) is 10.1 Å². The van der Waals surface area contributed by atoms with Crippen molar-refractivity contribution >= 4 is 24.0 Å². The number of esters is 1. The third-order valence-corrected chi connectivity index (χ3v) is 3.19. The van der Waals surface area contributed by atoms with Gasteiger partial charge in [-0.25, -0.2) is 9.59 Å². The van der Waals surface area contributed by atoms with Crippen LogP contribution in [0.15, 0.2) is 24.3 Å². The molecule has 0 saturated heterocycles. The molecule has 148 valence electrons.